The lowest BCUT2D eigenvalue weighted by molar-refractivity contribution is -0.128. The monoisotopic (exact) mass is 415 g/mol. The maximum absolute atomic E-state index is 12.5. The van der Waals surface area contributed by atoms with Gasteiger partial charge in [0.25, 0.3) is 0 Å². The first-order valence-electron chi connectivity index (χ1n) is 8.71. The van der Waals surface area contributed by atoms with Gasteiger partial charge in [-0.25, -0.2) is 0 Å². The summed E-state index contributed by atoms with van der Waals surface area (Å²) in [4.78, 5) is 26.1. The van der Waals surface area contributed by atoms with Crippen molar-refractivity contribution in [3.05, 3.63) is 52.2 Å². The average molecular weight is 416 g/mol. The van der Waals surface area contributed by atoms with Crippen LogP contribution in [0, 0.1) is 5.41 Å². The third-order valence-electron chi connectivity index (χ3n) is 3.81. The molecular formula is C19H21N5O2S2. The van der Waals surface area contributed by atoms with Crippen molar-refractivity contribution < 1.29 is 9.59 Å². The van der Waals surface area contributed by atoms with Crippen LogP contribution in [-0.2, 0) is 11.3 Å². The van der Waals surface area contributed by atoms with Gasteiger partial charge in [-0.2, -0.15) is 4.68 Å². The minimum atomic E-state index is -0.435. The fraction of sp³-hybridized carbons (Fsp3) is 0.316. The zero-order valence-electron chi connectivity index (χ0n) is 15.9. The van der Waals surface area contributed by atoms with Crippen molar-refractivity contribution in [3.63, 3.8) is 0 Å². The molecule has 1 aromatic carbocycles. The Morgan fingerprint density at radius 1 is 1.14 bits per heavy atom. The van der Waals surface area contributed by atoms with Gasteiger partial charge in [0, 0.05) is 10.3 Å². The van der Waals surface area contributed by atoms with Crippen LogP contribution in [0.5, 0.6) is 0 Å². The number of nitrogens with one attached hydrogen (secondary N) is 1. The van der Waals surface area contributed by atoms with Crippen LogP contribution in [0.2, 0.25) is 0 Å². The van der Waals surface area contributed by atoms with Crippen LogP contribution < -0.4 is 5.32 Å². The van der Waals surface area contributed by atoms with E-state index < -0.39 is 5.41 Å². The summed E-state index contributed by atoms with van der Waals surface area (Å²) < 4.78 is 1.61. The number of thioether (sulfide) groups is 1. The summed E-state index contributed by atoms with van der Waals surface area (Å²) in [5.74, 6) is 0.227. The van der Waals surface area contributed by atoms with E-state index in [0.29, 0.717) is 16.6 Å². The summed E-state index contributed by atoms with van der Waals surface area (Å²) in [5.41, 5.74) is 0.408. The van der Waals surface area contributed by atoms with Crippen LogP contribution in [0.3, 0.4) is 0 Å². The number of thiophene rings is 1. The fourth-order valence-electron chi connectivity index (χ4n) is 2.26. The van der Waals surface area contributed by atoms with E-state index in [4.69, 9.17) is 0 Å². The molecule has 7 nitrogen and oxygen atoms in total. The molecule has 0 spiro atoms. The van der Waals surface area contributed by atoms with Crippen LogP contribution in [0.15, 0.2) is 47.6 Å². The number of carbonyl (C=O) groups is 2. The van der Waals surface area contributed by atoms with Gasteiger partial charge in [0.05, 0.1) is 22.9 Å². The second kappa shape index (κ2) is 8.66. The average Bonchev–Trinajstić information content (AvgIpc) is 3.33. The number of benzene rings is 1. The maximum Gasteiger partial charge on any atom is 0.225 e. The molecule has 2 aromatic heterocycles. The number of carbonyl (C=O) groups excluding carboxylic acids is 2. The standard InChI is InChI=1S/C19H21N5O2S2/c1-19(2,3)17(26)20-11-14-9-10-16(28-14)15(25)12-27-18-21-22-23-24(18)13-7-5-4-6-8-13/h4-10H,11-12H2,1-3H3,(H,20,26). The Kier molecular flexibility index (Phi) is 6.25. The second-order valence-electron chi connectivity index (χ2n) is 7.12. The molecule has 9 heteroatoms. The van der Waals surface area contributed by atoms with Crippen LogP contribution in [0.25, 0.3) is 5.69 Å². The molecule has 1 N–H and O–H groups in total. The van der Waals surface area contributed by atoms with Gasteiger partial charge in [-0.1, -0.05) is 50.7 Å². The third kappa shape index (κ3) is 5.05. The molecule has 0 radical (unpaired) electrons. The van der Waals surface area contributed by atoms with Crippen molar-refractivity contribution >= 4 is 34.8 Å². The Balaban J connectivity index is 1.58. The summed E-state index contributed by atoms with van der Waals surface area (Å²) in [6, 6.07) is 13.2. The molecule has 0 aliphatic heterocycles. The van der Waals surface area contributed by atoms with Gasteiger partial charge in [0.15, 0.2) is 5.78 Å². The zero-order chi connectivity index (χ0) is 20.1. The number of nitrogens with zero attached hydrogens (tertiary/aromatic N) is 4. The molecule has 0 atom stereocenters. The molecule has 0 saturated heterocycles. The normalized spacial score (nSPS) is 11.4. The first-order valence-corrected chi connectivity index (χ1v) is 10.5. The summed E-state index contributed by atoms with van der Waals surface area (Å²) in [7, 11) is 0. The molecule has 0 aliphatic carbocycles. The molecular weight excluding hydrogens is 394 g/mol. The fourth-order valence-corrected chi connectivity index (χ4v) is 4.01. The van der Waals surface area contributed by atoms with Crippen molar-refractivity contribution in [2.45, 2.75) is 32.5 Å². The van der Waals surface area contributed by atoms with E-state index >= 15 is 0 Å². The molecule has 0 unspecified atom stereocenters. The lowest BCUT2D eigenvalue weighted by Crippen LogP contribution is -2.34. The van der Waals surface area contributed by atoms with Gasteiger partial charge >= 0.3 is 0 Å². The Morgan fingerprint density at radius 3 is 2.61 bits per heavy atom. The van der Waals surface area contributed by atoms with Crippen molar-refractivity contribution in [2.24, 2.45) is 5.41 Å². The first-order chi connectivity index (χ1) is 13.3. The topological polar surface area (TPSA) is 89.8 Å². The van der Waals surface area contributed by atoms with Crippen molar-refractivity contribution in [1.29, 1.82) is 0 Å². The number of tetrazole rings is 1. The van der Waals surface area contributed by atoms with Gasteiger partial charge < -0.3 is 5.32 Å². The number of aromatic nitrogens is 4. The van der Waals surface area contributed by atoms with E-state index in [0.717, 1.165) is 10.6 Å². The predicted octanol–water partition coefficient (Wildman–Crippen LogP) is 3.36. The molecule has 3 rings (SSSR count). The molecule has 146 valence electrons. The smallest absolute Gasteiger partial charge is 0.225 e. The quantitative estimate of drug-likeness (QED) is 0.470. The van der Waals surface area contributed by atoms with E-state index in [1.165, 1.54) is 23.1 Å². The molecule has 28 heavy (non-hydrogen) atoms. The maximum atomic E-state index is 12.5. The van der Waals surface area contributed by atoms with Crippen molar-refractivity contribution in [3.8, 4) is 5.69 Å². The van der Waals surface area contributed by atoms with E-state index in [2.05, 4.69) is 20.8 Å². The number of amides is 1. The third-order valence-corrected chi connectivity index (χ3v) is 5.86. The van der Waals surface area contributed by atoms with Crippen LogP contribution in [-0.4, -0.2) is 37.7 Å². The molecule has 3 aromatic rings. The van der Waals surface area contributed by atoms with E-state index in [9.17, 15) is 9.59 Å². The highest BCUT2D eigenvalue weighted by Gasteiger charge is 2.21. The number of rotatable bonds is 7. The molecule has 2 heterocycles. The van der Waals surface area contributed by atoms with Gasteiger partial charge in [0.2, 0.25) is 11.1 Å². The lowest BCUT2D eigenvalue weighted by Gasteiger charge is -2.17. The summed E-state index contributed by atoms with van der Waals surface area (Å²) in [5, 5.41) is 15.2. The second-order valence-corrected chi connectivity index (χ2v) is 9.23. The van der Waals surface area contributed by atoms with Gasteiger partial charge in [-0.05, 0) is 34.7 Å². The van der Waals surface area contributed by atoms with Gasteiger partial charge in [-0.3, -0.25) is 9.59 Å². The van der Waals surface area contributed by atoms with E-state index in [1.54, 1.807) is 10.7 Å². The molecule has 0 saturated carbocycles. The van der Waals surface area contributed by atoms with Crippen LogP contribution in [0.1, 0.15) is 35.3 Å². The van der Waals surface area contributed by atoms with Gasteiger partial charge in [-0.15, -0.1) is 16.4 Å². The number of hydrogen-bond donors (Lipinski definition) is 1. The largest absolute Gasteiger partial charge is 0.351 e. The lowest BCUT2D eigenvalue weighted by atomic mass is 9.96. The summed E-state index contributed by atoms with van der Waals surface area (Å²) >= 11 is 2.69. The molecule has 1 amide bonds. The van der Waals surface area contributed by atoms with E-state index in [1.807, 2.05) is 57.2 Å². The SMILES string of the molecule is CC(C)(C)C(=O)NCc1ccc(C(=O)CSc2nnnn2-c2ccccc2)s1. The minimum Gasteiger partial charge on any atom is -0.351 e. The Labute approximate surface area is 171 Å². The number of para-hydroxylation sites is 1. The Morgan fingerprint density at radius 2 is 1.89 bits per heavy atom. The molecule has 0 fully saturated rings. The first kappa shape index (κ1) is 20.2. The zero-order valence-corrected chi connectivity index (χ0v) is 17.5. The molecule has 0 bridgehead atoms. The van der Waals surface area contributed by atoms with Gasteiger partial charge in [0.1, 0.15) is 0 Å². The molecule has 0 aliphatic rings. The number of ketones is 1. The predicted molar refractivity (Wildman–Crippen MR) is 110 cm³/mol. The van der Waals surface area contributed by atoms with E-state index in [-0.39, 0.29) is 17.4 Å². The number of hydrogen-bond acceptors (Lipinski definition) is 7. The highest BCUT2D eigenvalue weighted by atomic mass is 32.2. The van der Waals surface area contributed by atoms with Crippen LogP contribution in [0.4, 0.5) is 0 Å². The minimum absolute atomic E-state index is 0.00556. The van der Waals surface area contributed by atoms with Crippen molar-refractivity contribution in [2.75, 3.05) is 5.75 Å². The highest BCUT2D eigenvalue weighted by Crippen LogP contribution is 2.23. The van der Waals surface area contributed by atoms with Crippen LogP contribution >= 0.6 is 23.1 Å². The summed E-state index contributed by atoms with van der Waals surface area (Å²) in [6.07, 6.45) is 0. The number of Topliss-reactive ketones (excluding diaryl/α,β-unsaturated/α-hetero) is 1. The Hall–Kier alpha value is -2.52. The summed E-state index contributed by atoms with van der Waals surface area (Å²) in [6.45, 7) is 6.03. The Bertz CT molecular complexity index is 960. The highest BCUT2D eigenvalue weighted by molar-refractivity contribution is 7.99. The van der Waals surface area contributed by atoms with Crippen molar-refractivity contribution in [1.82, 2.24) is 25.5 Å².